The van der Waals surface area contributed by atoms with Crippen LogP contribution in [-0.2, 0) is 0 Å². The van der Waals surface area contributed by atoms with Crippen molar-refractivity contribution in [3.8, 4) is 0 Å². The summed E-state index contributed by atoms with van der Waals surface area (Å²) in [5.74, 6) is 0. The number of hydrogen-bond acceptors (Lipinski definition) is 2. The van der Waals surface area contributed by atoms with Gasteiger partial charge in [0, 0.05) is 20.6 Å². The molecule has 0 aliphatic carbocycles. The largest absolute Gasteiger partial charge is 0.399 e. The standard InChI is InChI=1S/C14H14IN3O/c1-9-8-10(15)2-7-13(9)18-14(19)17-12-5-3-11(16)4-6-12/h2-8H,16H2,1H3,(H2,17,18,19). The smallest absolute Gasteiger partial charge is 0.323 e. The molecule has 0 spiro atoms. The van der Waals surface area contributed by atoms with Crippen LogP contribution in [-0.4, -0.2) is 6.03 Å². The summed E-state index contributed by atoms with van der Waals surface area (Å²) in [5, 5.41) is 5.57. The summed E-state index contributed by atoms with van der Waals surface area (Å²) in [7, 11) is 0. The van der Waals surface area contributed by atoms with E-state index < -0.39 is 0 Å². The molecule has 0 heterocycles. The normalized spacial score (nSPS) is 10.0. The highest BCUT2D eigenvalue weighted by Gasteiger charge is 2.05. The van der Waals surface area contributed by atoms with Crippen molar-refractivity contribution in [1.82, 2.24) is 0 Å². The number of carbonyl (C=O) groups is 1. The molecule has 0 unspecified atom stereocenters. The Morgan fingerprint density at radius 3 is 2.42 bits per heavy atom. The summed E-state index contributed by atoms with van der Waals surface area (Å²) in [6, 6.07) is 12.6. The van der Waals surface area contributed by atoms with Crippen LogP contribution in [0.4, 0.5) is 21.9 Å². The Bertz CT molecular complexity index is 596. The van der Waals surface area contributed by atoms with Crippen molar-refractivity contribution in [3.05, 3.63) is 51.6 Å². The van der Waals surface area contributed by atoms with Gasteiger partial charge in [-0.2, -0.15) is 0 Å². The second-order valence-electron chi connectivity index (χ2n) is 4.16. The number of carbonyl (C=O) groups excluding carboxylic acids is 1. The second kappa shape index (κ2) is 5.92. The lowest BCUT2D eigenvalue weighted by Crippen LogP contribution is -2.19. The zero-order valence-electron chi connectivity index (χ0n) is 10.4. The number of nitrogens with two attached hydrogens (primary N) is 1. The molecular weight excluding hydrogens is 353 g/mol. The zero-order chi connectivity index (χ0) is 13.8. The molecule has 2 aromatic rings. The molecule has 0 radical (unpaired) electrons. The van der Waals surface area contributed by atoms with Crippen LogP contribution in [0.3, 0.4) is 0 Å². The predicted molar refractivity (Wildman–Crippen MR) is 87.4 cm³/mol. The van der Waals surface area contributed by atoms with Gasteiger partial charge in [-0.05, 0) is 77.5 Å². The summed E-state index contributed by atoms with van der Waals surface area (Å²) < 4.78 is 1.14. The van der Waals surface area contributed by atoms with Crippen molar-refractivity contribution < 1.29 is 4.79 Å². The molecule has 0 aliphatic rings. The number of aryl methyl sites for hydroxylation is 1. The van der Waals surface area contributed by atoms with Gasteiger partial charge >= 0.3 is 6.03 Å². The molecule has 0 bridgehead atoms. The number of amides is 2. The number of anilines is 3. The lowest BCUT2D eigenvalue weighted by Gasteiger charge is -2.10. The van der Waals surface area contributed by atoms with E-state index in [0.717, 1.165) is 14.8 Å². The SMILES string of the molecule is Cc1cc(I)ccc1NC(=O)Nc1ccc(N)cc1. The first-order valence-corrected chi connectivity index (χ1v) is 6.82. The minimum atomic E-state index is -0.269. The van der Waals surface area contributed by atoms with Gasteiger partial charge in [-0.3, -0.25) is 0 Å². The lowest BCUT2D eigenvalue weighted by atomic mass is 10.2. The van der Waals surface area contributed by atoms with Crippen LogP contribution in [0, 0.1) is 10.5 Å². The van der Waals surface area contributed by atoms with Crippen LogP contribution < -0.4 is 16.4 Å². The van der Waals surface area contributed by atoms with Crippen LogP contribution in [0.5, 0.6) is 0 Å². The Hall–Kier alpha value is -1.76. The van der Waals surface area contributed by atoms with Gasteiger partial charge in [-0.1, -0.05) is 0 Å². The third kappa shape index (κ3) is 3.85. The van der Waals surface area contributed by atoms with Crippen LogP contribution in [0.15, 0.2) is 42.5 Å². The highest BCUT2D eigenvalue weighted by molar-refractivity contribution is 14.1. The molecule has 0 aromatic heterocycles. The molecule has 0 saturated heterocycles. The van der Waals surface area contributed by atoms with E-state index in [1.807, 2.05) is 25.1 Å². The molecule has 0 atom stereocenters. The molecule has 98 valence electrons. The van der Waals surface area contributed by atoms with Gasteiger partial charge in [0.1, 0.15) is 0 Å². The average Bonchev–Trinajstić information content (AvgIpc) is 2.36. The van der Waals surface area contributed by atoms with E-state index in [-0.39, 0.29) is 6.03 Å². The van der Waals surface area contributed by atoms with Gasteiger partial charge in [0.2, 0.25) is 0 Å². The molecular formula is C14H14IN3O. The van der Waals surface area contributed by atoms with Crippen LogP contribution >= 0.6 is 22.6 Å². The Labute approximate surface area is 125 Å². The van der Waals surface area contributed by atoms with Gasteiger partial charge < -0.3 is 16.4 Å². The molecule has 5 heteroatoms. The maximum Gasteiger partial charge on any atom is 0.323 e. The topological polar surface area (TPSA) is 67.2 Å². The molecule has 4 N–H and O–H groups in total. The van der Waals surface area contributed by atoms with Gasteiger partial charge in [0.15, 0.2) is 0 Å². The van der Waals surface area contributed by atoms with Gasteiger partial charge in [0.05, 0.1) is 0 Å². The third-order valence-electron chi connectivity index (χ3n) is 2.61. The van der Waals surface area contributed by atoms with Crippen molar-refractivity contribution in [3.63, 3.8) is 0 Å². The number of halogens is 1. The van der Waals surface area contributed by atoms with Gasteiger partial charge in [-0.15, -0.1) is 0 Å². The van der Waals surface area contributed by atoms with Crippen LogP contribution in [0.25, 0.3) is 0 Å². The van der Waals surface area contributed by atoms with E-state index in [4.69, 9.17) is 5.73 Å². The third-order valence-corrected chi connectivity index (χ3v) is 3.28. The molecule has 0 saturated carbocycles. The van der Waals surface area contributed by atoms with Gasteiger partial charge in [0.25, 0.3) is 0 Å². The Morgan fingerprint density at radius 1 is 1.11 bits per heavy atom. The van der Waals surface area contributed by atoms with E-state index >= 15 is 0 Å². The fourth-order valence-corrected chi connectivity index (χ4v) is 2.27. The predicted octanol–water partition coefficient (Wildman–Crippen LogP) is 3.83. The summed E-state index contributed by atoms with van der Waals surface area (Å²) in [6.07, 6.45) is 0. The lowest BCUT2D eigenvalue weighted by molar-refractivity contribution is 0.262. The maximum atomic E-state index is 11.8. The van der Waals surface area contributed by atoms with Crippen LogP contribution in [0.2, 0.25) is 0 Å². The molecule has 19 heavy (non-hydrogen) atoms. The van der Waals surface area contributed by atoms with Gasteiger partial charge in [-0.25, -0.2) is 4.79 Å². The number of hydrogen-bond donors (Lipinski definition) is 3. The highest BCUT2D eigenvalue weighted by Crippen LogP contribution is 2.18. The monoisotopic (exact) mass is 367 g/mol. The van der Waals surface area contributed by atoms with Crippen molar-refractivity contribution in [1.29, 1.82) is 0 Å². The fraction of sp³-hybridized carbons (Fsp3) is 0.0714. The Balaban J connectivity index is 2.03. The first kappa shape index (κ1) is 13.7. The number of nitrogen functional groups attached to an aromatic ring is 1. The van der Waals surface area contributed by atoms with E-state index in [2.05, 4.69) is 33.2 Å². The first-order chi connectivity index (χ1) is 9.04. The second-order valence-corrected chi connectivity index (χ2v) is 5.41. The van der Waals surface area contributed by atoms with E-state index in [1.165, 1.54) is 0 Å². The fourth-order valence-electron chi connectivity index (χ4n) is 1.62. The number of rotatable bonds is 2. The average molecular weight is 367 g/mol. The summed E-state index contributed by atoms with van der Waals surface area (Å²) in [6.45, 7) is 1.96. The minimum absolute atomic E-state index is 0.269. The quantitative estimate of drug-likeness (QED) is 0.558. The Kier molecular flexibility index (Phi) is 4.26. The summed E-state index contributed by atoms with van der Waals surface area (Å²) in [4.78, 5) is 11.8. The molecule has 0 fully saturated rings. The van der Waals surface area contributed by atoms with E-state index in [0.29, 0.717) is 11.4 Å². The molecule has 4 nitrogen and oxygen atoms in total. The summed E-state index contributed by atoms with van der Waals surface area (Å²) >= 11 is 2.24. The number of benzene rings is 2. The molecule has 2 rings (SSSR count). The van der Waals surface area contributed by atoms with Crippen molar-refractivity contribution in [2.75, 3.05) is 16.4 Å². The minimum Gasteiger partial charge on any atom is -0.399 e. The molecule has 2 aromatic carbocycles. The van der Waals surface area contributed by atoms with Crippen LogP contribution in [0.1, 0.15) is 5.56 Å². The number of urea groups is 1. The van der Waals surface area contributed by atoms with Crippen molar-refractivity contribution in [2.45, 2.75) is 6.92 Å². The van der Waals surface area contributed by atoms with E-state index in [9.17, 15) is 4.79 Å². The van der Waals surface area contributed by atoms with Crippen molar-refractivity contribution >= 4 is 45.7 Å². The Morgan fingerprint density at radius 2 is 1.79 bits per heavy atom. The summed E-state index contributed by atoms with van der Waals surface area (Å²) in [5.41, 5.74) is 8.78. The van der Waals surface area contributed by atoms with Crippen molar-refractivity contribution in [2.24, 2.45) is 0 Å². The molecule has 0 aliphatic heterocycles. The first-order valence-electron chi connectivity index (χ1n) is 5.74. The number of nitrogens with one attached hydrogen (secondary N) is 2. The molecule has 2 amide bonds. The highest BCUT2D eigenvalue weighted by atomic mass is 127. The zero-order valence-corrected chi connectivity index (χ0v) is 12.6. The van der Waals surface area contributed by atoms with E-state index in [1.54, 1.807) is 24.3 Å². The maximum absolute atomic E-state index is 11.8.